The Bertz CT molecular complexity index is 972. The van der Waals surface area contributed by atoms with Crippen LogP contribution in [0.1, 0.15) is 69.4 Å². The van der Waals surface area contributed by atoms with Crippen LogP contribution in [0.15, 0.2) is 36.4 Å². The van der Waals surface area contributed by atoms with Gasteiger partial charge in [0, 0.05) is 25.6 Å². The molecule has 1 saturated heterocycles. The van der Waals surface area contributed by atoms with Gasteiger partial charge in [-0.15, -0.1) is 0 Å². The molecule has 1 heterocycles. The molecule has 0 spiro atoms. The average Bonchev–Trinajstić information content (AvgIpc) is 3.44. The highest BCUT2D eigenvalue weighted by molar-refractivity contribution is 6.05. The van der Waals surface area contributed by atoms with E-state index in [1.54, 1.807) is 4.90 Å². The van der Waals surface area contributed by atoms with Crippen LogP contribution >= 0.6 is 0 Å². The second-order valence-corrected chi connectivity index (χ2v) is 10.2. The van der Waals surface area contributed by atoms with E-state index in [1.807, 2.05) is 50.3 Å². The predicted molar refractivity (Wildman–Crippen MR) is 133 cm³/mol. The molecule has 1 aromatic carbocycles. The molecule has 35 heavy (non-hydrogen) atoms. The van der Waals surface area contributed by atoms with Crippen molar-refractivity contribution in [1.29, 1.82) is 0 Å². The van der Waals surface area contributed by atoms with Crippen LogP contribution in [0.5, 0.6) is 0 Å². The number of nitrogens with one attached hydrogen (secondary N) is 1. The number of nitrogens with zero attached hydrogens (tertiary/aromatic N) is 2. The van der Waals surface area contributed by atoms with Crippen molar-refractivity contribution in [3.05, 3.63) is 47.5 Å². The van der Waals surface area contributed by atoms with Gasteiger partial charge in [0.15, 0.2) is 0 Å². The summed E-state index contributed by atoms with van der Waals surface area (Å²) < 4.78 is 0. The van der Waals surface area contributed by atoms with E-state index in [2.05, 4.69) is 5.32 Å². The van der Waals surface area contributed by atoms with Crippen molar-refractivity contribution >= 4 is 23.6 Å². The molecular formula is C28H37N3O4. The van der Waals surface area contributed by atoms with Crippen molar-refractivity contribution < 1.29 is 19.2 Å². The molecule has 2 fully saturated rings. The number of rotatable bonds is 9. The molecule has 1 saturated carbocycles. The Morgan fingerprint density at radius 1 is 1.09 bits per heavy atom. The quantitative estimate of drug-likeness (QED) is 0.434. The first-order chi connectivity index (χ1) is 16.9. The number of imide groups is 1. The van der Waals surface area contributed by atoms with Crippen molar-refractivity contribution in [2.45, 2.75) is 83.8 Å². The highest BCUT2D eigenvalue weighted by atomic mass is 16.2. The summed E-state index contributed by atoms with van der Waals surface area (Å²) in [6.45, 7) is 4.29. The molecule has 2 aliphatic carbocycles. The van der Waals surface area contributed by atoms with Gasteiger partial charge in [-0.2, -0.15) is 0 Å². The second-order valence-electron chi connectivity index (χ2n) is 10.2. The number of hydrogen-bond donors (Lipinski definition) is 1. The van der Waals surface area contributed by atoms with Gasteiger partial charge in [-0.05, 0) is 44.6 Å². The predicted octanol–water partition coefficient (Wildman–Crippen LogP) is 3.50. The number of benzene rings is 1. The maximum absolute atomic E-state index is 13.5. The smallest absolute Gasteiger partial charge is 0.243 e. The Morgan fingerprint density at radius 3 is 2.34 bits per heavy atom. The molecular weight excluding hydrogens is 442 g/mol. The maximum Gasteiger partial charge on any atom is 0.243 e. The summed E-state index contributed by atoms with van der Waals surface area (Å²) in [5.41, 5.74) is 2.04. The van der Waals surface area contributed by atoms with E-state index in [9.17, 15) is 19.2 Å². The number of carbonyl (C=O) groups excluding carboxylic acids is 4. The van der Waals surface area contributed by atoms with Crippen LogP contribution in [0.3, 0.4) is 0 Å². The number of likely N-dealkylation sites (tertiary alicyclic amines) is 1. The standard InChI is InChI=1S/C28H37N3O4/c1-3-24(26(33)29-21-11-4-5-12-21)31(18-20-10-8-9-19(2)17-20)25(32)15-16-30-27(34)22-13-6-7-14-23(22)28(30)35/h6-10,17,21-24H,3-5,11-16,18H2,1-2H3,(H,29,33)/t22-,23+,24-/m0/s1. The summed E-state index contributed by atoms with van der Waals surface area (Å²) in [5.74, 6) is -1.28. The number of fused-ring (bicyclic) bond motifs is 1. The third kappa shape index (κ3) is 5.65. The fourth-order valence-electron chi connectivity index (χ4n) is 5.73. The van der Waals surface area contributed by atoms with E-state index in [0.717, 1.165) is 36.8 Å². The van der Waals surface area contributed by atoms with Crippen molar-refractivity contribution in [3.63, 3.8) is 0 Å². The Kier molecular flexibility index (Phi) is 8.04. The highest BCUT2D eigenvalue weighted by Gasteiger charge is 2.47. The van der Waals surface area contributed by atoms with Crippen LogP contribution in [-0.4, -0.2) is 52.1 Å². The Balaban J connectivity index is 1.48. The zero-order chi connectivity index (χ0) is 24.9. The van der Waals surface area contributed by atoms with E-state index in [0.29, 0.717) is 25.8 Å². The van der Waals surface area contributed by atoms with Crippen LogP contribution in [0, 0.1) is 18.8 Å². The first-order valence-corrected chi connectivity index (χ1v) is 13.0. The van der Waals surface area contributed by atoms with Crippen LogP contribution < -0.4 is 5.32 Å². The number of hydrogen-bond acceptors (Lipinski definition) is 4. The lowest BCUT2D eigenvalue weighted by molar-refractivity contribution is -0.144. The van der Waals surface area contributed by atoms with Gasteiger partial charge in [0.2, 0.25) is 23.6 Å². The van der Waals surface area contributed by atoms with E-state index in [4.69, 9.17) is 0 Å². The number of aryl methyl sites for hydroxylation is 1. The van der Waals surface area contributed by atoms with Crippen molar-refractivity contribution in [3.8, 4) is 0 Å². The molecule has 0 aromatic heterocycles. The van der Waals surface area contributed by atoms with Gasteiger partial charge in [-0.1, -0.05) is 61.7 Å². The lowest BCUT2D eigenvalue weighted by Crippen LogP contribution is -2.51. The van der Waals surface area contributed by atoms with Crippen LogP contribution in [0.25, 0.3) is 0 Å². The van der Waals surface area contributed by atoms with Crippen LogP contribution in [0.4, 0.5) is 0 Å². The summed E-state index contributed by atoms with van der Waals surface area (Å²) >= 11 is 0. The van der Waals surface area contributed by atoms with E-state index in [1.165, 1.54) is 4.90 Å². The van der Waals surface area contributed by atoms with E-state index < -0.39 is 6.04 Å². The number of amides is 4. The lowest BCUT2D eigenvalue weighted by atomic mass is 9.85. The number of carbonyl (C=O) groups is 4. The summed E-state index contributed by atoms with van der Waals surface area (Å²) in [4.78, 5) is 55.4. The average molecular weight is 480 g/mol. The van der Waals surface area contributed by atoms with E-state index >= 15 is 0 Å². The zero-order valence-corrected chi connectivity index (χ0v) is 20.9. The van der Waals surface area contributed by atoms with Gasteiger partial charge < -0.3 is 10.2 Å². The van der Waals surface area contributed by atoms with Gasteiger partial charge in [0.1, 0.15) is 6.04 Å². The summed E-state index contributed by atoms with van der Waals surface area (Å²) in [7, 11) is 0. The van der Waals surface area contributed by atoms with Gasteiger partial charge in [-0.3, -0.25) is 24.1 Å². The molecule has 7 nitrogen and oxygen atoms in total. The third-order valence-electron chi connectivity index (χ3n) is 7.67. The molecule has 7 heteroatoms. The first kappa shape index (κ1) is 25.1. The minimum absolute atomic E-state index is 0.0172. The second kappa shape index (κ2) is 11.2. The lowest BCUT2D eigenvalue weighted by Gasteiger charge is -2.32. The molecule has 0 unspecified atom stereocenters. The summed E-state index contributed by atoms with van der Waals surface area (Å²) in [5, 5.41) is 3.15. The van der Waals surface area contributed by atoms with E-state index in [-0.39, 0.29) is 54.5 Å². The first-order valence-electron chi connectivity index (χ1n) is 13.0. The normalized spacial score (nSPS) is 22.9. The zero-order valence-electron chi connectivity index (χ0n) is 20.9. The summed E-state index contributed by atoms with van der Waals surface area (Å²) in [6, 6.07) is 7.50. The van der Waals surface area contributed by atoms with Crippen molar-refractivity contribution in [2.24, 2.45) is 11.8 Å². The van der Waals surface area contributed by atoms with Gasteiger partial charge in [-0.25, -0.2) is 0 Å². The molecule has 4 amide bonds. The summed E-state index contributed by atoms with van der Waals surface area (Å²) in [6.07, 6.45) is 9.77. The third-order valence-corrected chi connectivity index (χ3v) is 7.67. The fraction of sp³-hybridized carbons (Fsp3) is 0.571. The fourth-order valence-corrected chi connectivity index (χ4v) is 5.73. The Labute approximate surface area is 207 Å². The molecule has 3 atom stereocenters. The van der Waals surface area contributed by atoms with Gasteiger partial charge >= 0.3 is 0 Å². The molecule has 1 aliphatic heterocycles. The molecule has 1 N–H and O–H groups in total. The van der Waals surface area contributed by atoms with Crippen LogP contribution in [0.2, 0.25) is 0 Å². The highest BCUT2D eigenvalue weighted by Crippen LogP contribution is 2.35. The largest absolute Gasteiger partial charge is 0.352 e. The Hall–Kier alpha value is -2.96. The molecule has 188 valence electrons. The topological polar surface area (TPSA) is 86.8 Å². The van der Waals surface area contributed by atoms with Gasteiger partial charge in [0.05, 0.1) is 11.8 Å². The number of allylic oxidation sites excluding steroid dienone is 2. The molecule has 0 bridgehead atoms. The molecule has 1 aromatic rings. The Morgan fingerprint density at radius 2 is 1.74 bits per heavy atom. The van der Waals surface area contributed by atoms with Gasteiger partial charge in [0.25, 0.3) is 0 Å². The van der Waals surface area contributed by atoms with Crippen LogP contribution in [-0.2, 0) is 25.7 Å². The molecule has 3 aliphatic rings. The maximum atomic E-state index is 13.5. The SMILES string of the molecule is CC[C@@H](C(=O)NC1CCCC1)N(Cc1cccc(C)c1)C(=O)CCN1C(=O)[C@H]2CC=CC[C@H]2C1=O. The minimum atomic E-state index is -0.597. The molecule has 4 rings (SSSR count). The molecule has 0 radical (unpaired) electrons. The van der Waals surface area contributed by atoms with Crippen molar-refractivity contribution in [1.82, 2.24) is 15.1 Å². The monoisotopic (exact) mass is 479 g/mol. The minimum Gasteiger partial charge on any atom is -0.352 e. The van der Waals surface area contributed by atoms with Crippen molar-refractivity contribution in [2.75, 3.05) is 6.54 Å².